The van der Waals surface area contributed by atoms with Gasteiger partial charge in [-0.1, -0.05) is 19.9 Å². The summed E-state index contributed by atoms with van der Waals surface area (Å²) in [5.74, 6) is -10.3. The molecule has 5 aromatic rings. The smallest absolute Gasteiger partial charge is 0.313 e. The Morgan fingerprint density at radius 1 is 0.716 bits per heavy atom. The van der Waals surface area contributed by atoms with Crippen LogP contribution in [0, 0.1) is 23.3 Å². The molecule has 0 radical (unpaired) electrons. The number of fused-ring (bicyclic) bond motifs is 3. The van der Waals surface area contributed by atoms with E-state index in [4.69, 9.17) is 5.11 Å². The lowest BCUT2D eigenvalue weighted by atomic mass is 9.68. The van der Waals surface area contributed by atoms with Gasteiger partial charge in [-0.2, -0.15) is 33.7 Å². The number of thioether (sulfide) groups is 1. The molecular formula is C42H37F4N2O14S5+. The van der Waals surface area contributed by atoms with Gasteiger partial charge in [0.05, 0.1) is 26.0 Å². The third-order valence-corrected chi connectivity index (χ3v) is 16.5. The molecule has 1 aliphatic heterocycles. The fraction of sp³-hybridized carbons (Fsp3) is 0.238. The molecule has 7 rings (SSSR count). The largest absolute Gasteiger partial charge is 0.481 e. The number of anilines is 2. The monoisotopic (exact) mass is 1030 g/mol. The van der Waals surface area contributed by atoms with Crippen LogP contribution < -0.4 is 20.5 Å². The van der Waals surface area contributed by atoms with Crippen LogP contribution in [0.4, 0.5) is 28.9 Å². The second-order valence-corrected chi connectivity index (χ2v) is 23.6. The molecule has 0 saturated carbocycles. The van der Waals surface area contributed by atoms with E-state index in [1.165, 1.54) is 54.8 Å². The number of carbonyl (C=O) groups is 1. The highest BCUT2D eigenvalue weighted by molar-refractivity contribution is 8.00. The van der Waals surface area contributed by atoms with E-state index in [9.17, 15) is 56.7 Å². The highest BCUT2D eigenvalue weighted by Crippen LogP contribution is 2.45. The number of carboxylic acids is 1. The molecule has 67 heavy (non-hydrogen) atoms. The van der Waals surface area contributed by atoms with Crippen LogP contribution in [0.3, 0.4) is 0 Å². The van der Waals surface area contributed by atoms with Gasteiger partial charge in [0.25, 0.3) is 40.5 Å². The van der Waals surface area contributed by atoms with Gasteiger partial charge in [0.1, 0.15) is 10.1 Å². The minimum Gasteiger partial charge on any atom is -0.481 e. The van der Waals surface area contributed by atoms with Crippen molar-refractivity contribution in [2.45, 2.75) is 76.4 Å². The van der Waals surface area contributed by atoms with Crippen LogP contribution in [0.25, 0.3) is 5.57 Å². The SMILES string of the molecule is CC1(C)c2cc(Nc3ccc(S(=O)(=O)O)cc3)ccc2C(c2c(F)c(F)c(SCC(=O)O)c(F)c2F)=c2cc3c(cc21)=[N+](Cc1ccc(S(=O)(=O)O)cc1S(=O)(=O)O)C(C)(C)CC3S(=O)(=O)O. The van der Waals surface area contributed by atoms with E-state index >= 15 is 17.6 Å². The van der Waals surface area contributed by atoms with Gasteiger partial charge in [-0.15, -0.1) is 11.8 Å². The Hall–Kier alpha value is -5.25. The Balaban J connectivity index is 1.61. The van der Waals surface area contributed by atoms with Crippen molar-refractivity contribution in [1.82, 2.24) is 4.58 Å². The number of nitrogens with zero attached hydrogens (tertiary/aromatic N) is 1. The van der Waals surface area contributed by atoms with Crippen LogP contribution in [0.2, 0.25) is 0 Å². The molecule has 0 fully saturated rings. The molecule has 1 heterocycles. The van der Waals surface area contributed by atoms with Crippen molar-refractivity contribution in [3.8, 4) is 0 Å². The van der Waals surface area contributed by atoms with Crippen LogP contribution in [0.15, 0.2) is 92.4 Å². The molecule has 0 amide bonds. The Morgan fingerprint density at radius 2 is 1.28 bits per heavy atom. The summed E-state index contributed by atoms with van der Waals surface area (Å²) in [6, 6.07) is 14.0. The second-order valence-electron chi connectivity index (χ2n) is 16.8. The predicted octanol–water partition coefficient (Wildman–Crippen LogP) is 5.59. The molecule has 0 aromatic heterocycles. The maximum absolute atomic E-state index is 16.6. The molecule has 16 nitrogen and oxygen atoms in total. The summed E-state index contributed by atoms with van der Waals surface area (Å²) in [5.41, 5.74) is -4.16. The number of halogens is 4. The number of hydrogen-bond acceptors (Lipinski definition) is 11. The lowest BCUT2D eigenvalue weighted by Gasteiger charge is -2.37. The minimum absolute atomic E-state index is 0.0218. The summed E-state index contributed by atoms with van der Waals surface area (Å²) in [5, 5.41) is 10.1. The van der Waals surface area contributed by atoms with Crippen molar-refractivity contribution >= 4 is 75.2 Å². The van der Waals surface area contributed by atoms with Gasteiger partial charge in [-0.25, -0.2) is 22.1 Å². The third-order valence-electron chi connectivity index (χ3n) is 11.7. The topological polar surface area (TPSA) is 270 Å². The normalized spacial score (nSPS) is 16.8. The zero-order chi connectivity index (χ0) is 49.7. The van der Waals surface area contributed by atoms with Crippen molar-refractivity contribution in [3.63, 3.8) is 0 Å². The van der Waals surface area contributed by atoms with E-state index in [-0.39, 0.29) is 55.8 Å². The summed E-state index contributed by atoms with van der Waals surface area (Å²) < 4.78 is 206. The molecule has 6 N–H and O–H groups in total. The summed E-state index contributed by atoms with van der Waals surface area (Å²) in [6.45, 7) is 5.78. The molecule has 0 saturated heterocycles. The Kier molecular flexibility index (Phi) is 12.4. The fourth-order valence-corrected chi connectivity index (χ4v) is 12.1. The molecule has 356 valence electrons. The second kappa shape index (κ2) is 16.8. The van der Waals surface area contributed by atoms with Gasteiger partial charge in [-0.3, -0.25) is 23.0 Å². The van der Waals surface area contributed by atoms with E-state index in [0.717, 1.165) is 30.3 Å². The molecule has 0 bridgehead atoms. The van der Waals surface area contributed by atoms with Gasteiger partial charge in [0, 0.05) is 46.0 Å². The van der Waals surface area contributed by atoms with Crippen LogP contribution in [-0.4, -0.2) is 74.2 Å². The zero-order valence-electron chi connectivity index (χ0n) is 35.0. The maximum Gasteiger partial charge on any atom is 0.313 e. The van der Waals surface area contributed by atoms with Crippen molar-refractivity contribution in [1.29, 1.82) is 0 Å². The standard InChI is InChI=1S/C42H36F4N2O14S5/c1-41(2)17-32(67(60,61)62)27-15-26-29(16-30(27)48(41)18-20-5-9-24(65(54,55)56)14-31(20)66(57,58)59)42(3,4)28-13-22(47-21-6-10-23(11-7-21)64(51,52)53)8-12-25(28)34(26)35-36(43)38(45)40(39(46)37(35)44)63-19-33(49)50/h5-16,32H,17-19H2,1-4H3,(H5,49,50,51,52,53,54,55,56,57,58,59,60,61,62)/p+1. The third kappa shape index (κ3) is 9.23. The molecule has 1 unspecified atom stereocenters. The van der Waals surface area contributed by atoms with Crippen molar-refractivity contribution in [2.24, 2.45) is 0 Å². The van der Waals surface area contributed by atoms with Gasteiger partial charge in [-0.05, 0) is 96.4 Å². The average Bonchev–Trinajstić information content (AvgIpc) is 3.20. The van der Waals surface area contributed by atoms with Gasteiger partial charge >= 0.3 is 5.97 Å². The summed E-state index contributed by atoms with van der Waals surface area (Å²) in [6.07, 6.45) is -0.459. The Bertz CT molecular complexity index is 3560. The predicted molar refractivity (Wildman–Crippen MR) is 234 cm³/mol. The van der Waals surface area contributed by atoms with Crippen LogP contribution in [0.1, 0.15) is 72.7 Å². The lowest BCUT2D eigenvalue weighted by molar-refractivity contribution is -0.133. The first kappa shape index (κ1) is 49.6. The molecule has 2 aliphatic rings. The maximum atomic E-state index is 16.6. The molecule has 5 aromatic carbocycles. The number of carboxylic acid groups (broad SMARTS) is 1. The molecule has 25 heteroatoms. The van der Waals surface area contributed by atoms with E-state index in [2.05, 4.69) is 5.32 Å². The number of hydrogen-bond donors (Lipinski definition) is 6. The summed E-state index contributed by atoms with van der Waals surface area (Å²) in [4.78, 5) is 7.73. The van der Waals surface area contributed by atoms with E-state index in [0.29, 0.717) is 11.8 Å². The van der Waals surface area contributed by atoms with Gasteiger partial charge in [0.15, 0.2) is 35.4 Å². The highest BCUT2D eigenvalue weighted by Gasteiger charge is 2.47. The lowest BCUT2D eigenvalue weighted by Crippen LogP contribution is -2.54. The highest BCUT2D eigenvalue weighted by atomic mass is 32.2. The van der Waals surface area contributed by atoms with E-state index < -0.39 is 135 Å². The van der Waals surface area contributed by atoms with Crippen molar-refractivity contribution in [3.05, 3.63) is 140 Å². The first-order valence-corrected chi connectivity index (χ1v) is 26.1. The Morgan fingerprint density at radius 3 is 1.82 bits per heavy atom. The van der Waals surface area contributed by atoms with Gasteiger partial charge in [0.2, 0.25) is 5.36 Å². The summed E-state index contributed by atoms with van der Waals surface area (Å²) in [7, 11) is -19.9. The molecule has 1 aliphatic carbocycles. The fourth-order valence-electron chi connectivity index (χ4n) is 8.51. The summed E-state index contributed by atoms with van der Waals surface area (Å²) >= 11 is -0.0218. The van der Waals surface area contributed by atoms with Crippen molar-refractivity contribution in [2.75, 3.05) is 11.1 Å². The van der Waals surface area contributed by atoms with Crippen molar-refractivity contribution < 1.29 is 79.3 Å². The van der Waals surface area contributed by atoms with Crippen LogP contribution in [0.5, 0.6) is 0 Å². The van der Waals surface area contributed by atoms with E-state index in [1.54, 1.807) is 13.8 Å². The Labute approximate surface area is 384 Å². The first-order chi connectivity index (χ1) is 30.7. The number of benzene rings is 5. The molecule has 1 atom stereocenters. The average molecular weight is 1030 g/mol. The van der Waals surface area contributed by atoms with Crippen LogP contribution in [-0.2, 0) is 57.2 Å². The number of rotatable bonds is 12. The minimum atomic E-state index is -5.23. The van der Waals surface area contributed by atoms with Gasteiger partial charge < -0.3 is 10.4 Å². The number of aliphatic carboxylic acids is 1. The number of nitrogens with one attached hydrogen (secondary N) is 1. The van der Waals surface area contributed by atoms with Crippen LogP contribution >= 0.6 is 11.8 Å². The zero-order valence-corrected chi connectivity index (χ0v) is 39.1. The molecule has 0 spiro atoms. The molecular weight excluding hydrogens is 993 g/mol. The van der Waals surface area contributed by atoms with E-state index in [1.807, 2.05) is 0 Å². The first-order valence-electron chi connectivity index (χ1n) is 19.3. The quantitative estimate of drug-likeness (QED) is 0.0292.